The zero-order chi connectivity index (χ0) is 8.69. The first-order chi connectivity index (χ1) is 5.16. The number of alkyl halides is 2. The maximum absolute atomic E-state index is 10.7. The Hall–Kier alpha value is -0.590. The molecule has 0 aromatic carbocycles. The first-order valence-corrected chi connectivity index (χ1v) is 6.47. The second kappa shape index (κ2) is 6.14. The van der Waals surface area contributed by atoms with Gasteiger partial charge in [-0.3, -0.25) is 0 Å². The van der Waals surface area contributed by atoms with Gasteiger partial charge in [-0.1, -0.05) is 0 Å². The second-order valence-electron chi connectivity index (χ2n) is 1.61. The van der Waals surface area contributed by atoms with Gasteiger partial charge in [-0.25, -0.2) is 0 Å². The molecular weight excluding hydrogens is 261 g/mol. The molecule has 0 atom stereocenters. The van der Waals surface area contributed by atoms with Crippen molar-refractivity contribution >= 4 is 11.9 Å². The molecule has 0 saturated carbocycles. The second-order valence-corrected chi connectivity index (χ2v) is 3.90. The van der Waals surface area contributed by atoms with Crippen LogP contribution in [0.5, 0.6) is 0 Å². The summed E-state index contributed by atoms with van der Waals surface area (Å²) in [7, 11) is 0. The summed E-state index contributed by atoms with van der Waals surface area (Å²) in [5.74, 6) is -1.44. The molecule has 0 aliphatic rings. The fraction of sp³-hybridized carbons (Fsp3) is 0.333. The van der Waals surface area contributed by atoms with Crippen LogP contribution < -0.4 is 26.5 Å². The Bertz CT molecular complexity index is 179. The number of amides is 1. The predicted molar refractivity (Wildman–Crippen MR) is 35.7 cm³/mol. The molecule has 0 aromatic rings. The number of halogens is 1. The van der Waals surface area contributed by atoms with E-state index in [1.807, 2.05) is 4.93 Å². The summed E-state index contributed by atoms with van der Waals surface area (Å²) in [5, 5.41) is 10.7. The van der Waals surface area contributed by atoms with Crippen LogP contribution in [0.1, 0.15) is 0 Å². The van der Waals surface area contributed by atoms with E-state index in [0.717, 1.165) is 12.2 Å². The zero-order valence-electron chi connectivity index (χ0n) is 6.00. The van der Waals surface area contributed by atoms with E-state index in [-0.39, 0.29) is 27.1 Å². The number of aliphatic carboxylic acids is 1. The van der Waals surface area contributed by atoms with Gasteiger partial charge in [-0.2, -0.15) is 0 Å². The number of hydrogen-bond acceptors (Lipinski definition) is 2. The summed E-state index contributed by atoms with van der Waals surface area (Å²) >= 11 is 0.0334. The molecule has 0 aromatic heterocycles. The molecule has 64 valence electrons. The molecule has 4 nitrogen and oxygen atoms in total. The van der Waals surface area contributed by atoms with E-state index in [1.165, 1.54) is 0 Å². The van der Waals surface area contributed by atoms with Gasteiger partial charge in [0, 0.05) is 0 Å². The van der Waals surface area contributed by atoms with Crippen LogP contribution in [0.15, 0.2) is 12.2 Å². The first-order valence-electron chi connectivity index (χ1n) is 2.79. The number of rotatable bonds is 4. The van der Waals surface area contributed by atoms with Crippen molar-refractivity contribution in [3.05, 3.63) is 12.2 Å². The van der Waals surface area contributed by atoms with Crippen molar-refractivity contribution in [1.82, 2.24) is 5.32 Å². The molecule has 0 rings (SSSR count). The molecule has 0 radical (unpaired) electrons. The van der Waals surface area contributed by atoms with Crippen LogP contribution in [0.2, 0.25) is 0 Å². The van der Waals surface area contributed by atoms with Gasteiger partial charge in [0.2, 0.25) is 0 Å². The van der Waals surface area contributed by atoms with Crippen LogP contribution in [0.4, 0.5) is 0 Å². The number of carbonyl (C=O) groups is 2. The summed E-state index contributed by atoms with van der Waals surface area (Å²) in [6.45, 7) is 0. The Kier molecular flexibility index (Phi) is 5.81. The van der Waals surface area contributed by atoms with Crippen LogP contribution in [-0.4, -0.2) is 26.5 Å². The average Bonchev–Trinajstić information content (AvgIpc) is 1.97. The summed E-state index contributed by atoms with van der Waals surface area (Å²) in [6, 6.07) is 0. The Balaban J connectivity index is 3.60. The predicted octanol–water partition coefficient (Wildman–Crippen LogP) is -3.58. The van der Waals surface area contributed by atoms with Crippen LogP contribution >= 0.6 is 0 Å². The first kappa shape index (κ1) is 10.4. The minimum absolute atomic E-state index is 0.0334. The van der Waals surface area contributed by atoms with Gasteiger partial charge in [0.05, 0.1) is 0 Å². The SMILES string of the molecule is C[I-]CNC(=O)/C=C\C(=O)O. The van der Waals surface area contributed by atoms with Crippen molar-refractivity contribution in [1.29, 1.82) is 0 Å². The molecule has 0 bridgehead atoms. The summed E-state index contributed by atoms with van der Waals surface area (Å²) < 4.78 is 0.682. The van der Waals surface area contributed by atoms with Crippen LogP contribution in [0.3, 0.4) is 0 Å². The molecular formula is C6H9INO3-. The van der Waals surface area contributed by atoms with E-state index in [0.29, 0.717) is 4.55 Å². The van der Waals surface area contributed by atoms with E-state index in [9.17, 15) is 9.59 Å². The number of nitrogens with one attached hydrogen (secondary N) is 1. The average molecular weight is 270 g/mol. The van der Waals surface area contributed by atoms with E-state index >= 15 is 0 Å². The number of carboxylic acids is 1. The van der Waals surface area contributed by atoms with Crippen molar-refractivity contribution in [2.45, 2.75) is 0 Å². The Labute approximate surface area is 74.9 Å². The van der Waals surface area contributed by atoms with Crippen LogP contribution in [-0.2, 0) is 9.59 Å². The molecule has 0 heterocycles. The van der Waals surface area contributed by atoms with Gasteiger partial charge in [0.25, 0.3) is 0 Å². The van der Waals surface area contributed by atoms with Gasteiger partial charge >= 0.3 is 74.7 Å². The van der Waals surface area contributed by atoms with Crippen molar-refractivity contribution in [2.75, 3.05) is 9.48 Å². The van der Waals surface area contributed by atoms with Gasteiger partial charge in [-0.15, -0.1) is 0 Å². The molecule has 0 saturated heterocycles. The molecule has 0 fully saturated rings. The third-order valence-corrected chi connectivity index (χ3v) is 1.90. The third-order valence-electron chi connectivity index (χ3n) is 0.752. The van der Waals surface area contributed by atoms with Gasteiger partial charge < -0.3 is 0 Å². The minimum atomic E-state index is -1.11. The van der Waals surface area contributed by atoms with Crippen LogP contribution in [0, 0.1) is 0 Å². The third kappa shape index (κ3) is 7.31. The van der Waals surface area contributed by atoms with Gasteiger partial charge in [0.1, 0.15) is 0 Å². The van der Waals surface area contributed by atoms with Crippen molar-refractivity contribution in [2.24, 2.45) is 0 Å². The number of carbonyl (C=O) groups excluding carboxylic acids is 1. The summed E-state index contributed by atoms with van der Waals surface area (Å²) in [4.78, 5) is 22.6. The van der Waals surface area contributed by atoms with Crippen molar-refractivity contribution in [3.63, 3.8) is 0 Å². The summed E-state index contributed by atoms with van der Waals surface area (Å²) in [5.41, 5.74) is 0. The summed E-state index contributed by atoms with van der Waals surface area (Å²) in [6.07, 6.45) is 1.84. The normalized spacial score (nSPS) is 10.3. The van der Waals surface area contributed by atoms with E-state index in [4.69, 9.17) is 5.11 Å². The monoisotopic (exact) mass is 270 g/mol. The molecule has 1 amide bonds. The van der Waals surface area contributed by atoms with Gasteiger partial charge in [-0.05, 0) is 0 Å². The number of carboxylic acid groups (broad SMARTS) is 1. The zero-order valence-corrected chi connectivity index (χ0v) is 8.16. The fourth-order valence-electron chi connectivity index (χ4n) is 0.339. The Morgan fingerprint density at radius 3 is 2.64 bits per heavy atom. The Morgan fingerprint density at radius 1 is 1.55 bits per heavy atom. The fourth-order valence-corrected chi connectivity index (χ4v) is 1.10. The molecule has 2 N–H and O–H groups in total. The Morgan fingerprint density at radius 2 is 2.18 bits per heavy atom. The molecule has 0 aliphatic heterocycles. The van der Waals surface area contributed by atoms with Crippen molar-refractivity contribution < 1.29 is 35.9 Å². The molecule has 0 aliphatic carbocycles. The van der Waals surface area contributed by atoms with Gasteiger partial charge in [0.15, 0.2) is 0 Å². The number of hydrogen-bond donors (Lipinski definition) is 2. The van der Waals surface area contributed by atoms with E-state index in [2.05, 4.69) is 5.32 Å². The molecule has 0 unspecified atom stereocenters. The van der Waals surface area contributed by atoms with E-state index < -0.39 is 5.97 Å². The molecule has 11 heavy (non-hydrogen) atoms. The maximum atomic E-state index is 10.7. The quantitative estimate of drug-likeness (QED) is 0.240. The van der Waals surface area contributed by atoms with Crippen molar-refractivity contribution in [3.8, 4) is 0 Å². The standard InChI is InChI=1S/C6H9INO3/c1-7-4-8-5(9)2-3-6(10)11/h2-3H,4H2,1H3,(H,8,9)(H,10,11)/q-1/b3-2-. The molecule has 0 spiro atoms. The topological polar surface area (TPSA) is 66.4 Å². The van der Waals surface area contributed by atoms with E-state index in [1.54, 1.807) is 0 Å². The van der Waals surface area contributed by atoms with Crippen LogP contribution in [0.25, 0.3) is 0 Å². The molecule has 5 heteroatoms.